The molecule has 1 rings (SSSR count). The summed E-state index contributed by atoms with van der Waals surface area (Å²) in [5.74, 6) is 0.432. The Morgan fingerprint density at radius 1 is 1.58 bits per heavy atom. The molecule has 1 aromatic rings. The first kappa shape index (κ1) is 9.74. The maximum Gasteiger partial charge on any atom is 0.108 e. The molecule has 0 fully saturated rings. The highest BCUT2D eigenvalue weighted by Gasteiger charge is 2.14. The van der Waals surface area contributed by atoms with Crippen molar-refractivity contribution in [3.63, 3.8) is 0 Å². The third-order valence-corrected chi connectivity index (χ3v) is 2.84. The van der Waals surface area contributed by atoms with Crippen LogP contribution in [-0.4, -0.2) is 9.78 Å². The molecule has 0 bridgehead atoms. The molecule has 0 saturated heterocycles. The molecular weight excluding hydrogens is 218 g/mol. The molecular formula is C8H14BrN3. The Morgan fingerprint density at radius 2 is 2.17 bits per heavy atom. The standard InChI is InChI=1S/C8H14BrN3/c1-5(2)7-6(4-10)8(9)12(3)11-7/h5H,4,10H2,1-3H3. The SMILES string of the molecule is CC(C)c1nn(C)c(Br)c1CN. The minimum Gasteiger partial charge on any atom is -0.326 e. The average molecular weight is 232 g/mol. The molecule has 0 aliphatic carbocycles. The molecule has 1 aromatic heterocycles. The number of aromatic nitrogens is 2. The van der Waals surface area contributed by atoms with Crippen LogP contribution in [0.5, 0.6) is 0 Å². The van der Waals surface area contributed by atoms with Crippen molar-refractivity contribution < 1.29 is 0 Å². The first-order valence-corrected chi connectivity index (χ1v) is 4.78. The quantitative estimate of drug-likeness (QED) is 0.844. The summed E-state index contributed by atoms with van der Waals surface area (Å²) < 4.78 is 2.81. The third kappa shape index (κ3) is 1.54. The summed E-state index contributed by atoms with van der Waals surface area (Å²) in [7, 11) is 1.91. The molecule has 0 saturated carbocycles. The molecule has 0 spiro atoms. The molecule has 1 heterocycles. The van der Waals surface area contributed by atoms with Gasteiger partial charge in [0.2, 0.25) is 0 Å². The van der Waals surface area contributed by atoms with Gasteiger partial charge in [-0.25, -0.2) is 0 Å². The van der Waals surface area contributed by atoms with Crippen LogP contribution in [-0.2, 0) is 13.6 Å². The van der Waals surface area contributed by atoms with Gasteiger partial charge in [0.15, 0.2) is 0 Å². The molecule has 0 atom stereocenters. The lowest BCUT2D eigenvalue weighted by Crippen LogP contribution is -2.01. The summed E-state index contributed by atoms with van der Waals surface area (Å²) >= 11 is 3.45. The van der Waals surface area contributed by atoms with Crippen LogP contribution in [0.15, 0.2) is 4.60 Å². The summed E-state index contributed by atoms with van der Waals surface area (Å²) in [6.07, 6.45) is 0. The number of nitrogens with zero attached hydrogens (tertiary/aromatic N) is 2. The second kappa shape index (κ2) is 3.58. The third-order valence-electron chi connectivity index (χ3n) is 1.85. The van der Waals surface area contributed by atoms with E-state index in [9.17, 15) is 0 Å². The summed E-state index contributed by atoms with van der Waals surface area (Å²) in [5, 5.41) is 4.37. The van der Waals surface area contributed by atoms with Crippen molar-refractivity contribution >= 4 is 15.9 Å². The smallest absolute Gasteiger partial charge is 0.108 e. The number of rotatable bonds is 2. The zero-order chi connectivity index (χ0) is 9.30. The molecule has 12 heavy (non-hydrogen) atoms. The predicted octanol–water partition coefficient (Wildman–Crippen LogP) is 1.76. The van der Waals surface area contributed by atoms with E-state index in [-0.39, 0.29) is 0 Å². The Kier molecular flexibility index (Phi) is 2.90. The Hall–Kier alpha value is -0.350. The van der Waals surface area contributed by atoms with E-state index >= 15 is 0 Å². The molecule has 4 heteroatoms. The number of nitrogens with two attached hydrogens (primary N) is 1. The zero-order valence-electron chi connectivity index (χ0n) is 7.63. The molecule has 2 N–H and O–H groups in total. The van der Waals surface area contributed by atoms with Gasteiger partial charge >= 0.3 is 0 Å². The van der Waals surface area contributed by atoms with E-state index in [1.54, 1.807) is 0 Å². The van der Waals surface area contributed by atoms with E-state index < -0.39 is 0 Å². The predicted molar refractivity (Wildman–Crippen MR) is 52.9 cm³/mol. The fraction of sp³-hybridized carbons (Fsp3) is 0.625. The minimum absolute atomic E-state index is 0.432. The van der Waals surface area contributed by atoms with Gasteiger partial charge < -0.3 is 5.73 Å². The van der Waals surface area contributed by atoms with Gasteiger partial charge in [-0.2, -0.15) is 5.10 Å². The number of aryl methyl sites for hydroxylation is 1. The monoisotopic (exact) mass is 231 g/mol. The second-order valence-corrected chi connectivity index (χ2v) is 3.89. The van der Waals surface area contributed by atoms with Gasteiger partial charge in [0.05, 0.1) is 5.69 Å². The molecule has 3 nitrogen and oxygen atoms in total. The highest BCUT2D eigenvalue weighted by molar-refractivity contribution is 9.10. The highest BCUT2D eigenvalue weighted by atomic mass is 79.9. The Balaban J connectivity index is 3.20. The fourth-order valence-electron chi connectivity index (χ4n) is 1.22. The van der Waals surface area contributed by atoms with Gasteiger partial charge in [0, 0.05) is 19.2 Å². The Bertz CT molecular complexity index is 278. The van der Waals surface area contributed by atoms with Gasteiger partial charge in [-0.05, 0) is 21.8 Å². The number of hydrogen-bond donors (Lipinski definition) is 1. The molecule has 0 unspecified atom stereocenters. The lowest BCUT2D eigenvalue weighted by Gasteiger charge is -2.01. The molecule has 0 amide bonds. The Labute approximate surface area is 81.1 Å². The summed E-state index contributed by atoms with van der Waals surface area (Å²) in [6.45, 7) is 4.78. The van der Waals surface area contributed by atoms with Crippen LogP contribution in [0.2, 0.25) is 0 Å². The molecule has 68 valence electrons. The van der Waals surface area contributed by atoms with Gasteiger partial charge in [0.1, 0.15) is 4.60 Å². The lowest BCUT2D eigenvalue weighted by atomic mass is 10.1. The van der Waals surface area contributed by atoms with E-state index in [1.165, 1.54) is 0 Å². The van der Waals surface area contributed by atoms with Crippen LogP contribution in [0.4, 0.5) is 0 Å². The van der Waals surface area contributed by atoms with Crippen molar-refractivity contribution in [2.75, 3.05) is 0 Å². The first-order chi connectivity index (χ1) is 5.57. The number of halogens is 1. The van der Waals surface area contributed by atoms with E-state index in [1.807, 2.05) is 11.7 Å². The minimum atomic E-state index is 0.432. The second-order valence-electron chi connectivity index (χ2n) is 3.14. The van der Waals surface area contributed by atoms with Crippen LogP contribution < -0.4 is 5.73 Å². The van der Waals surface area contributed by atoms with Crippen LogP contribution in [0.25, 0.3) is 0 Å². The largest absolute Gasteiger partial charge is 0.326 e. The molecule has 0 aliphatic rings. The van der Waals surface area contributed by atoms with Crippen molar-refractivity contribution in [2.45, 2.75) is 26.3 Å². The van der Waals surface area contributed by atoms with E-state index in [2.05, 4.69) is 34.9 Å². The topological polar surface area (TPSA) is 43.8 Å². The fourth-order valence-corrected chi connectivity index (χ4v) is 1.66. The zero-order valence-corrected chi connectivity index (χ0v) is 9.22. The molecule has 0 radical (unpaired) electrons. The van der Waals surface area contributed by atoms with E-state index in [4.69, 9.17) is 5.73 Å². The average Bonchev–Trinajstić information content (AvgIpc) is 2.29. The highest BCUT2D eigenvalue weighted by Crippen LogP contribution is 2.24. The van der Waals surface area contributed by atoms with Gasteiger partial charge in [-0.3, -0.25) is 4.68 Å². The maximum atomic E-state index is 5.62. The van der Waals surface area contributed by atoms with Crippen LogP contribution >= 0.6 is 15.9 Å². The van der Waals surface area contributed by atoms with Gasteiger partial charge in [-0.15, -0.1) is 0 Å². The normalized spacial score (nSPS) is 11.2. The van der Waals surface area contributed by atoms with Crippen LogP contribution in [0.1, 0.15) is 31.0 Å². The Morgan fingerprint density at radius 3 is 2.50 bits per heavy atom. The lowest BCUT2D eigenvalue weighted by molar-refractivity contribution is 0.702. The van der Waals surface area contributed by atoms with Crippen LogP contribution in [0.3, 0.4) is 0 Å². The first-order valence-electron chi connectivity index (χ1n) is 3.99. The summed E-state index contributed by atoms with van der Waals surface area (Å²) in [4.78, 5) is 0. The molecule has 0 aromatic carbocycles. The van der Waals surface area contributed by atoms with Crippen LogP contribution in [0, 0.1) is 0 Å². The van der Waals surface area contributed by atoms with Crippen molar-refractivity contribution in [1.29, 1.82) is 0 Å². The summed E-state index contributed by atoms with van der Waals surface area (Å²) in [5.41, 5.74) is 7.83. The van der Waals surface area contributed by atoms with E-state index in [0.29, 0.717) is 12.5 Å². The van der Waals surface area contributed by atoms with Crippen molar-refractivity contribution in [2.24, 2.45) is 12.8 Å². The maximum absolute atomic E-state index is 5.62. The van der Waals surface area contributed by atoms with Gasteiger partial charge in [0.25, 0.3) is 0 Å². The van der Waals surface area contributed by atoms with Crippen molar-refractivity contribution in [1.82, 2.24) is 9.78 Å². The van der Waals surface area contributed by atoms with Crippen molar-refractivity contribution in [3.05, 3.63) is 15.9 Å². The van der Waals surface area contributed by atoms with Gasteiger partial charge in [-0.1, -0.05) is 13.8 Å². The number of hydrogen-bond acceptors (Lipinski definition) is 2. The van der Waals surface area contributed by atoms with Crippen molar-refractivity contribution in [3.8, 4) is 0 Å². The van der Waals surface area contributed by atoms with E-state index in [0.717, 1.165) is 15.9 Å². The molecule has 0 aliphatic heterocycles. The summed E-state index contributed by atoms with van der Waals surface area (Å²) in [6, 6.07) is 0.